The molecule has 0 aliphatic heterocycles. The van der Waals surface area contributed by atoms with Crippen LogP contribution in [0, 0.1) is 0 Å². The second-order valence-electron chi connectivity index (χ2n) is 3.56. The molecule has 0 bridgehead atoms. The quantitative estimate of drug-likeness (QED) is 0.875. The molecule has 0 aliphatic rings. The standard InChI is InChI=1S/C14H12O3/c15-14(16)13(11-7-3-1-4-8-11)17-12-9-5-2-6-10-12/h1-10,13H,(H,15,16)/t13-/m0/s1. The number of carboxylic acid groups (broad SMARTS) is 1. The highest BCUT2D eigenvalue weighted by atomic mass is 16.5. The smallest absolute Gasteiger partial charge is 0.349 e. The molecule has 17 heavy (non-hydrogen) atoms. The van der Waals surface area contributed by atoms with Crippen molar-refractivity contribution in [1.82, 2.24) is 0 Å². The van der Waals surface area contributed by atoms with Crippen LogP contribution in [0.2, 0.25) is 0 Å². The minimum atomic E-state index is -1.000. The van der Waals surface area contributed by atoms with Crippen molar-refractivity contribution < 1.29 is 14.6 Å². The van der Waals surface area contributed by atoms with E-state index in [4.69, 9.17) is 9.84 Å². The number of rotatable bonds is 4. The van der Waals surface area contributed by atoms with Crippen LogP contribution in [-0.4, -0.2) is 11.1 Å². The summed E-state index contributed by atoms with van der Waals surface area (Å²) < 4.78 is 5.46. The molecule has 0 saturated heterocycles. The van der Waals surface area contributed by atoms with Gasteiger partial charge in [0, 0.05) is 5.56 Å². The van der Waals surface area contributed by atoms with Gasteiger partial charge in [-0.2, -0.15) is 0 Å². The third-order valence-electron chi connectivity index (χ3n) is 2.32. The summed E-state index contributed by atoms with van der Waals surface area (Å²) in [5.41, 5.74) is 0.629. The summed E-state index contributed by atoms with van der Waals surface area (Å²) in [4.78, 5) is 11.2. The molecule has 0 fully saturated rings. The van der Waals surface area contributed by atoms with E-state index in [2.05, 4.69) is 0 Å². The Balaban J connectivity index is 2.23. The lowest BCUT2D eigenvalue weighted by molar-refractivity contribution is -0.145. The lowest BCUT2D eigenvalue weighted by Crippen LogP contribution is -2.17. The molecule has 0 heterocycles. The first-order valence-corrected chi connectivity index (χ1v) is 5.27. The molecule has 0 saturated carbocycles. The van der Waals surface area contributed by atoms with Crippen molar-refractivity contribution in [2.45, 2.75) is 6.10 Å². The molecular weight excluding hydrogens is 216 g/mol. The zero-order chi connectivity index (χ0) is 12.1. The summed E-state index contributed by atoms with van der Waals surface area (Å²) in [5.74, 6) is -0.455. The highest BCUT2D eigenvalue weighted by Gasteiger charge is 2.21. The van der Waals surface area contributed by atoms with Crippen LogP contribution in [-0.2, 0) is 4.79 Å². The maximum absolute atomic E-state index is 11.2. The topological polar surface area (TPSA) is 46.5 Å². The van der Waals surface area contributed by atoms with Crippen LogP contribution in [0.25, 0.3) is 0 Å². The normalized spacial score (nSPS) is 11.8. The molecule has 1 N–H and O–H groups in total. The van der Waals surface area contributed by atoms with Crippen LogP contribution in [0.1, 0.15) is 11.7 Å². The van der Waals surface area contributed by atoms with Crippen LogP contribution in [0.3, 0.4) is 0 Å². The Hall–Kier alpha value is -2.29. The number of ether oxygens (including phenoxy) is 1. The number of carboxylic acids is 1. The van der Waals surface area contributed by atoms with E-state index in [-0.39, 0.29) is 0 Å². The third kappa shape index (κ3) is 2.84. The van der Waals surface area contributed by atoms with E-state index in [9.17, 15) is 4.79 Å². The van der Waals surface area contributed by atoms with Gasteiger partial charge in [0.05, 0.1) is 0 Å². The van der Waals surface area contributed by atoms with E-state index in [1.54, 1.807) is 48.5 Å². The van der Waals surface area contributed by atoms with Gasteiger partial charge in [-0.05, 0) is 12.1 Å². The van der Waals surface area contributed by atoms with Crippen molar-refractivity contribution in [2.24, 2.45) is 0 Å². The van der Waals surface area contributed by atoms with Crippen LogP contribution in [0.15, 0.2) is 60.7 Å². The summed E-state index contributed by atoms with van der Waals surface area (Å²) in [6, 6.07) is 17.8. The SMILES string of the molecule is O=C(O)[C@@H](Oc1ccccc1)c1ccccc1. The molecule has 2 aromatic carbocycles. The molecule has 1 atom stereocenters. The highest BCUT2D eigenvalue weighted by molar-refractivity contribution is 5.74. The van der Waals surface area contributed by atoms with Gasteiger partial charge in [-0.1, -0.05) is 48.5 Å². The molecule has 2 rings (SSSR count). The number of carbonyl (C=O) groups is 1. The molecular formula is C14H12O3. The lowest BCUT2D eigenvalue weighted by Gasteiger charge is -2.15. The Bertz CT molecular complexity index is 479. The zero-order valence-corrected chi connectivity index (χ0v) is 9.11. The van der Waals surface area contributed by atoms with Gasteiger partial charge in [0.1, 0.15) is 5.75 Å². The fourth-order valence-corrected chi connectivity index (χ4v) is 1.52. The minimum absolute atomic E-state index is 0.545. The van der Waals surface area contributed by atoms with E-state index in [0.717, 1.165) is 0 Å². The Morgan fingerprint density at radius 2 is 1.47 bits per heavy atom. The fourth-order valence-electron chi connectivity index (χ4n) is 1.52. The first-order chi connectivity index (χ1) is 8.27. The Morgan fingerprint density at radius 3 is 2.00 bits per heavy atom. The van der Waals surface area contributed by atoms with Crippen molar-refractivity contribution in [1.29, 1.82) is 0 Å². The van der Waals surface area contributed by atoms with Gasteiger partial charge < -0.3 is 9.84 Å². The first-order valence-electron chi connectivity index (χ1n) is 5.27. The van der Waals surface area contributed by atoms with Crippen molar-refractivity contribution in [2.75, 3.05) is 0 Å². The predicted molar refractivity (Wildman–Crippen MR) is 63.9 cm³/mol. The second-order valence-corrected chi connectivity index (χ2v) is 3.56. The fraction of sp³-hybridized carbons (Fsp3) is 0.0714. The summed E-state index contributed by atoms with van der Waals surface area (Å²) in [6.45, 7) is 0. The third-order valence-corrected chi connectivity index (χ3v) is 2.32. The number of aliphatic carboxylic acids is 1. The molecule has 0 unspecified atom stereocenters. The number of hydrogen-bond donors (Lipinski definition) is 1. The Kier molecular flexibility index (Phi) is 3.40. The van der Waals surface area contributed by atoms with Crippen molar-refractivity contribution >= 4 is 5.97 Å². The molecule has 3 nitrogen and oxygen atoms in total. The Morgan fingerprint density at radius 1 is 0.941 bits per heavy atom. The Labute approximate surface area is 99.3 Å². The molecule has 2 aromatic rings. The highest BCUT2D eigenvalue weighted by Crippen LogP contribution is 2.21. The number of para-hydroxylation sites is 1. The molecule has 3 heteroatoms. The summed E-state index contributed by atoms with van der Waals surface area (Å²) >= 11 is 0. The molecule has 0 spiro atoms. The molecule has 86 valence electrons. The maximum Gasteiger partial charge on any atom is 0.349 e. The minimum Gasteiger partial charge on any atom is -0.478 e. The number of benzene rings is 2. The van der Waals surface area contributed by atoms with E-state index < -0.39 is 12.1 Å². The molecule has 0 aliphatic carbocycles. The average Bonchev–Trinajstić information content (AvgIpc) is 2.38. The van der Waals surface area contributed by atoms with Gasteiger partial charge in [0.25, 0.3) is 0 Å². The molecule has 0 aromatic heterocycles. The average molecular weight is 228 g/mol. The predicted octanol–water partition coefficient (Wildman–Crippen LogP) is 2.89. The van der Waals surface area contributed by atoms with E-state index in [0.29, 0.717) is 11.3 Å². The first kappa shape index (κ1) is 11.2. The second kappa shape index (κ2) is 5.16. The van der Waals surface area contributed by atoms with Gasteiger partial charge >= 0.3 is 5.97 Å². The van der Waals surface area contributed by atoms with Crippen molar-refractivity contribution in [3.8, 4) is 5.75 Å². The van der Waals surface area contributed by atoms with Gasteiger partial charge in [-0.25, -0.2) is 4.79 Å². The molecule has 0 amide bonds. The van der Waals surface area contributed by atoms with Gasteiger partial charge in [0.2, 0.25) is 6.10 Å². The summed E-state index contributed by atoms with van der Waals surface area (Å²) in [7, 11) is 0. The maximum atomic E-state index is 11.2. The van der Waals surface area contributed by atoms with Crippen LogP contribution in [0.5, 0.6) is 5.75 Å². The van der Waals surface area contributed by atoms with Crippen molar-refractivity contribution in [3.63, 3.8) is 0 Å². The number of hydrogen-bond acceptors (Lipinski definition) is 2. The summed E-state index contributed by atoms with van der Waals surface area (Å²) in [5, 5.41) is 9.16. The van der Waals surface area contributed by atoms with Crippen LogP contribution in [0.4, 0.5) is 0 Å². The van der Waals surface area contributed by atoms with Gasteiger partial charge in [-0.3, -0.25) is 0 Å². The van der Waals surface area contributed by atoms with E-state index in [1.807, 2.05) is 12.1 Å². The van der Waals surface area contributed by atoms with Gasteiger partial charge in [-0.15, -0.1) is 0 Å². The molecule has 0 radical (unpaired) electrons. The van der Waals surface area contributed by atoms with Crippen molar-refractivity contribution in [3.05, 3.63) is 66.2 Å². The van der Waals surface area contributed by atoms with Gasteiger partial charge in [0.15, 0.2) is 0 Å². The van der Waals surface area contributed by atoms with E-state index >= 15 is 0 Å². The zero-order valence-electron chi connectivity index (χ0n) is 9.11. The lowest BCUT2D eigenvalue weighted by atomic mass is 10.1. The monoisotopic (exact) mass is 228 g/mol. The van der Waals surface area contributed by atoms with E-state index in [1.165, 1.54) is 0 Å². The largest absolute Gasteiger partial charge is 0.478 e. The van der Waals surface area contributed by atoms with Crippen LogP contribution >= 0.6 is 0 Å². The summed E-state index contributed by atoms with van der Waals surface area (Å²) in [6.07, 6.45) is -0.974. The van der Waals surface area contributed by atoms with Crippen LogP contribution < -0.4 is 4.74 Å².